The van der Waals surface area contributed by atoms with Crippen LogP contribution in [0, 0.1) is 13.8 Å². The maximum absolute atomic E-state index is 11.8. The van der Waals surface area contributed by atoms with Gasteiger partial charge in [0.25, 0.3) is 0 Å². The van der Waals surface area contributed by atoms with E-state index in [1.54, 1.807) is 0 Å². The van der Waals surface area contributed by atoms with Crippen LogP contribution >= 0.6 is 0 Å². The average molecular weight is 271 g/mol. The Morgan fingerprint density at radius 2 is 1.95 bits per heavy atom. The molecule has 0 amide bonds. The molecular weight excluding hydrogens is 250 g/mol. The molecule has 0 aliphatic carbocycles. The molecule has 2 N–H and O–H groups in total. The van der Waals surface area contributed by atoms with E-state index in [0.29, 0.717) is 6.42 Å². The summed E-state index contributed by atoms with van der Waals surface area (Å²) in [6.07, 6.45) is 1.50. The molecule has 0 radical (unpaired) electrons. The van der Waals surface area contributed by atoms with Crippen LogP contribution in [-0.2, 0) is 6.54 Å². The van der Waals surface area contributed by atoms with E-state index in [1.807, 2.05) is 45.0 Å². The number of aromatic nitrogens is 2. The zero-order valence-electron chi connectivity index (χ0n) is 12.3. The van der Waals surface area contributed by atoms with Crippen LogP contribution in [0.1, 0.15) is 47.1 Å². The van der Waals surface area contributed by atoms with E-state index in [1.165, 1.54) is 5.56 Å². The summed E-state index contributed by atoms with van der Waals surface area (Å²) >= 11 is 0. The molecule has 1 aromatic heterocycles. The van der Waals surface area contributed by atoms with Gasteiger partial charge in [-0.15, -0.1) is 0 Å². The second-order valence-corrected chi connectivity index (χ2v) is 5.02. The lowest BCUT2D eigenvalue weighted by Gasteiger charge is -2.07. The quantitative estimate of drug-likeness (QED) is 0.789. The second-order valence-electron chi connectivity index (χ2n) is 5.02. The number of aryl methyl sites for hydroxylation is 2. The fraction of sp³-hybridized carbons (Fsp3) is 0.375. The fourth-order valence-corrected chi connectivity index (χ4v) is 2.17. The van der Waals surface area contributed by atoms with Gasteiger partial charge in [-0.1, -0.05) is 6.92 Å². The molecule has 0 fully saturated rings. The predicted octanol–water partition coefficient (Wildman–Crippen LogP) is 3.62. The zero-order valence-corrected chi connectivity index (χ0v) is 12.3. The van der Waals surface area contributed by atoms with E-state index in [9.17, 15) is 4.79 Å². The van der Waals surface area contributed by atoms with Crippen LogP contribution in [0.3, 0.4) is 0 Å². The monoisotopic (exact) mass is 271 g/mol. The molecule has 20 heavy (non-hydrogen) atoms. The Bertz CT molecular complexity index is 565. The summed E-state index contributed by atoms with van der Waals surface area (Å²) in [5, 5.41) is 10.5. The van der Waals surface area contributed by atoms with Crippen molar-refractivity contribution in [2.75, 3.05) is 5.32 Å². The standard InChI is InChI=1S/C16H21N3O/c1-4-5-16(20)13-6-8-14(9-7-13)17-10-15-11(2)18-19-12(15)3/h6-9,17H,4-5,10H2,1-3H3,(H,18,19). The van der Waals surface area contributed by atoms with Crippen molar-refractivity contribution >= 4 is 11.5 Å². The van der Waals surface area contributed by atoms with E-state index in [0.717, 1.165) is 35.6 Å². The van der Waals surface area contributed by atoms with E-state index >= 15 is 0 Å². The number of H-pyrrole nitrogens is 1. The highest BCUT2D eigenvalue weighted by Gasteiger charge is 2.07. The van der Waals surface area contributed by atoms with Gasteiger partial charge in [0.15, 0.2) is 5.78 Å². The van der Waals surface area contributed by atoms with Crippen LogP contribution in [0.5, 0.6) is 0 Å². The fourth-order valence-electron chi connectivity index (χ4n) is 2.17. The van der Waals surface area contributed by atoms with E-state index < -0.39 is 0 Å². The molecule has 0 saturated carbocycles. The third kappa shape index (κ3) is 3.26. The average Bonchev–Trinajstić information content (AvgIpc) is 2.77. The molecule has 0 atom stereocenters. The molecule has 106 valence electrons. The lowest BCUT2D eigenvalue weighted by Crippen LogP contribution is -2.02. The Morgan fingerprint density at radius 3 is 2.50 bits per heavy atom. The maximum atomic E-state index is 11.8. The number of nitrogens with one attached hydrogen (secondary N) is 2. The number of Topliss-reactive ketones (excluding diaryl/α,β-unsaturated/α-hetero) is 1. The van der Waals surface area contributed by atoms with E-state index in [-0.39, 0.29) is 5.78 Å². The number of carbonyl (C=O) groups excluding carboxylic acids is 1. The smallest absolute Gasteiger partial charge is 0.162 e. The molecule has 4 nitrogen and oxygen atoms in total. The normalized spacial score (nSPS) is 10.6. The second kappa shape index (κ2) is 6.37. The van der Waals surface area contributed by atoms with Crippen molar-refractivity contribution in [3.05, 3.63) is 46.8 Å². The van der Waals surface area contributed by atoms with Gasteiger partial charge in [-0.2, -0.15) is 5.10 Å². The highest BCUT2D eigenvalue weighted by atomic mass is 16.1. The maximum Gasteiger partial charge on any atom is 0.162 e. The Balaban J connectivity index is 1.99. The molecule has 0 aliphatic rings. The number of ketones is 1. The highest BCUT2D eigenvalue weighted by molar-refractivity contribution is 5.96. The van der Waals surface area contributed by atoms with Crippen molar-refractivity contribution in [3.8, 4) is 0 Å². The topological polar surface area (TPSA) is 57.8 Å². The number of hydrogen-bond acceptors (Lipinski definition) is 3. The van der Waals surface area contributed by atoms with Gasteiger partial charge in [0, 0.05) is 35.5 Å². The van der Waals surface area contributed by atoms with Crippen LogP contribution in [0.25, 0.3) is 0 Å². The van der Waals surface area contributed by atoms with Crippen LogP contribution < -0.4 is 5.32 Å². The number of rotatable bonds is 6. The minimum absolute atomic E-state index is 0.209. The van der Waals surface area contributed by atoms with Gasteiger partial charge < -0.3 is 5.32 Å². The first kappa shape index (κ1) is 14.3. The lowest BCUT2D eigenvalue weighted by atomic mass is 10.1. The minimum atomic E-state index is 0.209. The Hall–Kier alpha value is -2.10. The van der Waals surface area contributed by atoms with Crippen molar-refractivity contribution < 1.29 is 4.79 Å². The summed E-state index contributed by atoms with van der Waals surface area (Å²) in [5.74, 6) is 0.209. The molecule has 0 aliphatic heterocycles. The lowest BCUT2D eigenvalue weighted by molar-refractivity contribution is 0.0982. The van der Waals surface area contributed by atoms with Gasteiger partial charge in [0.1, 0.15) is 0 Å². The SMILES string of the molecule is CCCC(=O)c1ccc(NCc2c(C)n[nH]c2C)cc1. The van der Waals surface area contributed by atoms with Gasteiger partial charge in [-0.3, -0.25) is 9.89 Å². The Morgan fingerprint density at radius 1 is 1.25 bits per heavy atom. The largest absolute Gasteiger partial charge is 0.381 e. The molecule has 0 saturated heterocycles. The molecule has 2 aromatic rings. The van der Waals surface area contributed by atoms with Gasteiger partial charge in [-0.25, -0.2) is 0 Å². The van der Waals surface area contributed by atoms with Crippen molar-refractivity contribution in [3.63, 3.8) is 0 Å². The van der Waals surface area contributed by atoms with Gasteiger partial charge >= 0.3 is 0 Å². The summed E-state index contributed by atoms with van der Waals surface area (Å²) < 4.78 is 0. The molecular formula is C16H21N3O. The first-order valence-electron chi connectivity index (χ1n) is 6.99. The number of aromatic amines is 1. The van der Waals surface area contributed by atoms with Gasteiger partial charge in [0.2, 0.25) is 0 Å². The molecule has 2 rings (SSSR count). The van der Waals surface area contributed by atoms with Crippen molar-refractivity contribution in [2.24, 2.45) is 0 Å². The van der Waals surface area contributed by atoms with Gasteiger partial charge in [-0.05, 0) is 44.5 Å². The Labute approximate surface area is 119 Å². The summed E-state index contributed by atoms with van der Waals surface area (Å²) in [6, 6.07) is 7.67. The van der Waals surface area contributed by atoms with Crippen molar-refractivity contribution in [2.45, 2.75) is 40.2 Å². The number of anilines is 1. The minimum Gasteiger partial charge on any atom is -0.381 e. The zero-order chi connectivity index (χ0) is 14.5. The molecule has 4 heteroatoms. The summed E-state index contributed by atoms with van der Waals surface area (Å²) in [7, 11) is 0. The van der Waals surface area contributed by atoms with Crippen LogP contribution in [-0.4, -0.2) is 16.0 Å². The molecule has 0 bridgehead atoms. The summed E-state index contributed by atoms with van der Waals surface area (Å²) in [5.41, 5.74) is 5.09. The van der Waals surface area contributed by atoms with E-state index in [2.05, 4.69) is 15.5 Å². The van der Waals surface area contributed by atoms with Crippen molar-refractivity contribution in [1.82, 2.24) is 10.2 Å². The molecule has 0 spiro atoms. The van der Waals surface area contributed by atoms with E-state index in [4.69, 9.17) is 0 Å². The molecule has 1 aromatic carbocycles. The highest BCUT2D eigenvalue weighted by Crippen LogP contribution is 2.15. The summed E-state index contributed by atoms with van der Waals surface area (Å²) in [6.45, 7) is 6.76. The molecule has 1 heterocycles. The van der Waals surface area contributed by atoms with Crippen LogP contribution in [0.2, 0.25) is 0 Å². The van der Waals surface area contributed by atoms with Crippen LogP contribution in [0.4, 0.5) is 5.69 Å². The third-order valence-electron chi connectivity index (χ3n) is 3.43. The number of nitrogens with zero attached hydrogens (tertiary/aromatic N) is 1. The van der Waals surface area contributed by atoms with Gasteiger partial charge in [0.05, 0.1) is 5.69 Å². The summed E-state index contributed by atoms with van der Waals surface area (Å²) in [4.78, 5) is 11.8. The first-order chi connectivity index (χ1) is 9.61. The van der Waals surface area contributed by atoms with Crippen molar-refractivity contribution in [1.29, 1.82) is 0 Å². The Kier molecular flexibility index (Phi) is 4.56. The van der Waals surface area contributed by atoms with Crippen LogP contribution in [0.15, 0.2) is 24.3 Å². The third-order valence-corrected chi connectivity index (χ3v) is 3.43. The first-order valence-corrected chi connectivity index (χ1v) is 6.99. The number of hydrogen-bond donors (Lipinski definition) is 2. The number of carbonyl (C=O) groups is 1. The predicted molar refractivity (Wildman–Crippen MR) is 81.1 cm³/mol. The number of benzene rings is 1. The molecule has 0 unspecified atom stereocenters.